The number of nitrogens with one attached hydrogen (secondary N) is 2. The van der Waals surface area contributed by atoms with Gasteiger partial charge in [0.15, 0.2) is 5.13 Å². The molecule has 0 spiro atoms. The molecule has 0 bridgehead atoms. The Balaban J connectivity index is 1.89. The molecule has 0 aliphatic carbocycles. The summed E-state index contributed by atoms with van der Waals surface area (Å²) >= 11 is 1.48. The van der Waals surface area contributed by atoms with E-state index in [4.69, 9.17) is 0 Å². The lowest BCUT2D eigenvalue weighted by Crippen LogP contribution is -2.04. The Morgan fingerprint density at radius 3 is 2.96 bits per heavy atom. The molecule has 0 fully saturated rings. The van der Waals surface area contributed by atoms with E-state index in [1.165, 1.54) is 29.4 Å². The molecule has 0 saturated carbocycles. The van der Waals surface area contributed by atoms with Gasteiger partial charge in [0.05, 0.1) is 21.9 Å². The Labute approximate surface area is 136 Å². The van der Waals surface area contributed by atoms with Gasteiger partial charge in [-0.1, -0.05) is 23.5 Å². The average molecular weight is 322 g/mol. The molecule has 2 N–H and O–H groups in total. The Bertz CT molecular complexity index is 1050. The van der Waals surface area contributed by atoms with Gasteiger partial charge in [-0.05, 0) is 41.8 Å². The molecule has 114 valence electrons. The lowest BCUT2D eigenvalue weighted by molar-refractivity contribution is -0.114. The van der Waals surface area contributed by atoms with Crippen LogP contribution in [0.3, 0.4) is 0 Å². The zero-order chi connectivity index (χ0) is 16.0. The highest BCUT2D eigenvalue weighted by molar-refractivity contribution is 7.22. The SMILES string of the molecule is CC(=O)Nc1nc2ccc(-c3c(C)ccc4[nH]ncc34)cc2s1. The minimum atomic E-state index is -0.108. The van der Waals surface area contributed by atoms with Crippen LogP contribution < -0.4 is 5.32 Å². The molecular weight excluding hydrogens is 308 g/mol. The van der Waals surface area contributed by atoms with Gasteiger partial charge < -0.3 is 5.32 Å². The van der Waals surface area contributed by atoms with Gasteiger partial charge >= 0.3 is 0 Å². The monoisotopic (exact) mass is 322 g/mol. The predicted octanol–water partition coefficient (Wildman–Crippen LogP) is 4.11. The minimum Gasteiger partial charge on any atom is -0.302 e. The summed E-state index contributed by atoms with van der Waals surface area (Å²) in [6.45, 7) is 3.59. The van der Waals surface area contributed by atoms with Gasteiger partial charge in [0.25, 0.3) is 0 Å². The number of hydrogen-bond donors (Lipinski definition) is 2. The number of carbonyl (C=O) groups is 1. The maximum Gasteiger partial charge on any atom is 0.223 e. The van der Waals surface area contributed by atoms with Crippen molar-refractivity contribution in [3.05, 3.63) is 42.1 Å². The molecule has 0 unspecified atom stereocenters. The summed E-state index contributed by atoms with van der Waals surface area (Å²) in [6.07, 6.45) is 1.86. The molecule has 2 heterocycles. The summed E-state index contributed by atoms with van der Waals surface area (Å²) in [5.41, 5.74) is 5.41. The summed E-state index contributed by atoms with van der Waals surface area (Å²) in [4.78, 5) is 15.6. The molecule has 5 nitrogen and oxygen atoms in total. The molecule has 0 saturated heterocycles. The summed E-state index contributed by atoms with van der Waals surface area (Å²) < 4.78 is 1.05. The van der Waals surface area contributed by atoms with E-state index < -0.39 is 0 Å². The first-order chi connectivity index (χ1) is 11.1. The van der Waals surface area contributed by atoms with Gasteiger partial charge in [0, 0.05) is 12.3 Å². The van der Waals surface area contributed by atoms with Crippen molar-refractivity contribution in [2.75, 3.05) is 5.32 Å². The second-order valence-corrected chi connectivity index (χ2v) is 6.50. The molecule has 0 radical (unpaired) electrons. The zero-order valence-electron chi connectivity index (χ0n) is 12.7. The number of aromatic amines is 1. The molecule has 4 aromatic rings. The quantitative estimate of drug-likeness (QED) is 0.583. The van der Waals surface area contributed by atoms with E-state index in [1.54, 1.807) is 0 Å². The number of rotatable bonds is 2. The van der Waals surface area contributed by atoms with Crippen LogP contribution in [0, 0.1) is 6.92 Å². The van der Waals surface area contributed by atoms with E-state index in [0.717, 1.165) is 26.7 Å². The van der Waals surface area contributed by atoms with Crippen molar-refractivity contribution in [1.82, 2.24) is 15.2 Å². The van der Waals surface area contributed by atoms with Crippen LogP contribution in [0.15, 0.2) is 36.5 Å². The minimum absolute atomic E-state index is 0.108. The van der Waals surface area contributed by atoms with E-state index in [1.807, 2.05) is 18.3 Å². The van der Waals surface area contributed by atoms with Gasteiger partial charge in [-0.3, -0.25) is 9.89 Å². The van der Waals surface area contributed by atoms with Crippen molar-refractivity contribution >= 4 is 43.5 Å². The maximum atomic E-state index is 11.2. The number of amides is 1. The van der Waals surface area contributed by atoms with Crippen LogP contribution in [0.25, 0.3) is 32.2 Å². The van der Waals surface area contributed by atoms with E-state index in [0.29, 0.717) is 5.13 Å². The fourth-order valence-corrected chi connectivity index (χ4v) is 3.75. The van der Waals surface area contributed by atoms with Gasteiger partial charge in [0.2, 0.25) is 5.91 Å². The summed E-state index contributed by atoms with van der Waals surface area (Å²) in [5.74, 6) is -0.108. The molecule has 4 rings (SSSR count). The fraction of sp³-hybridized carbons (Fsp3) is 0.118. The first kappa shape index (κ1) is 13.9. The van der Waals surface area contributed by atoms with Gasteiger partial charge in [-0.2, -0.15) is 5.10 Å². The van der Waals surface area contributed by atoms with Crippen LogP contribution in [0.1, 0.15) is 12.5 Å². The number of aromatic nitrogens is 3. The van der Waals surface area contributed by atoms with Crippen LogP contribution in [-0.2, 0) is 4.79 Å². The Morgan fingerprint density at radius 2 is 2.13 bits per heavy atom. The predicted molar refractivity (Wildman–Crippen MR) is 93.7 cm³/mol. The third-order valence-corrected chi connectivity index (χ3v) is 4.73. The second-order valence-electron chi connectivity index (χ2n) is 5.47. The second kappa shape index (κ2) is 5.17. The summed E-state index contributed by atoms with van der Waals surface area (Å²) in [6, 6.07) is 10.3. The molecule has 0 aliphatic rings. The summed E-state index contributed by atoms with van der Waals surface area (Å²) in [7, 11) is 0. The van der Waals surface area contributed by atoms with E-state index in [9.17, 15) is 4.79 Å². The number of anilines is 1. The number of fused-ring (bicyclic) bond motifs is 2. The van der Waals surface area contributed by atoms with Crippen molar-refractivity contribution in [2.45, 2.75) is 13.8 Å². The van der Waals surface area contributed by atoms with Gasteiger partial charge in [-0.25, -0.2) is 4.98 Å². The average Bonchev–Trinajstić information content (AvgIpc) is 3.11. The Morgan fingerprint density at radius 1 is 1.26 bits per heavy atom. The van der Waals surface area contributed by atoms with Crippen molar-refractivity contribution < 1.29 is 4.79 Å². The lowest BCUT2D eigenvalue weighted by Gasteiger charge is -2.07. The van der Waals surface area contributed by atoms with Crippen molar-refractivity contribution in [2.24, 2.45) is 0 Å². The smallest absolute Gasteiger partial charge is 0.223 e. The molecule has 2 aromatic carbocycles. The van der Waals surface area contributed by atoms with Crippen LogP contribution in [-0.4, -0.2) is 21.1 Å². The summed E-state index contributed by atoms with van der Waals surface area (Å²) in [5, 5.41) is 11.6. The standard InChI is InChI=1S/C17H14N4OS/c1-9-3-5-13-12(8-18-21-13)16(9)11-4-6-14-15(7-11)23-17(20-14)19-10(2)22/h3-8H,1-2H3,(H,18,21)(H,19,20,22). The van der Waals surface area contributed by atoms with E-state index >= 15 is 0 Å². The van der Waals surface area contributed by atoms with Crippen LogP contribution in [0.4, 0.5) is 5.13 Å². The first-order valence-electron chi connectivity index (χ1n) is 7.23. The van der Waals surface area contributed by atoms with Gasteiger partial charge in [0.1, 0.15) is 0 Å². The molecule has 23 heavy (non-hydrogen) atoms. The highest BCUT2D eigenvalue weighted by atomic mass is 32.1. The number of nitrogens with zero attached hydrogens (tertiary/aromatic N) is 2. The number of H-pyrrole nitrogens is 1. The molecule has 6 heteroatoms. The van der Waals surface area contributed by atoms with E-state index in [-0.39, 0.29) is 5.91 Å². The van der Waals surface area contributed by atoms with Crippen LogP contribution in [0.2, 0.25) is 0 Å². The number of hydrogen-bond acceptors (Lipinski definition) is 4. The third-order valence-electron chi connectivity index (χ3n) is 3.79. The number of aryl methyl sites for hydroxylation is 1. The normalized spacial score (nSPS) is 11.2. The highest BCUT2D eigenvalue weighted by Gasteiger charge is 2.11. The van der Waals surface area contributed by atoms with Crippen LogP contribution in [0.5, 0.6) is 0 Å². The largest absolute Gasteiger partial charge is 0.302 e. The molecule has 1 amide bonds. The first-order valence-corrected chi connectivity index (χ1v) is 8.05. The molecular formula is C17H14N4OS. The molecule has 2 aromatic heterocycles. The number of benzene rings is 2. The zero-order valence-corrected chi connectivity index (χ0v) is 13.5. The Hall–Kier alpha value is -2.73. The van der Waals surface area contributed by atoms with Crippen LogP contribution >= 0.6 is 11.3 Å². The van der Waals surface area contributed by atoms with Crippen molar-refractivity contribution in [3.8, 4) is 11.1 Å². The fourth-order valence-electron chi connectivity index (χ4n) is 2.79. The topological polar surface area (TPSA) is 70.7 Å². The number of carbonyl (C=O) groups excluding carboxylic acids is 1. The van der Waals surface area contributed by atoms with Gasteiger partial charge in [-0.15, -0.1) is 0 Å². The third kappa shape index (κ3) is 2.37. The van der Waals surface area contributed by atoms with E-state index in [2.05, 4.69) is 45.6 Å². The Kier molecular flexibility index (Phi) is 3.12. The molecule has 0 aliphatic heterocycles. The number of thiazole rings is 1. The maximum absolute atomic E-state index is 11.2. The molecule has 0 atom stereocenters. The highest BCUT2D eigenvalue weighted by Crippen LogP contribution is 2.35. The lowest BCUT2D eigenvalue weighted by atomic mass is 9.97. The van der Waals surface area contributed by atoms with Crippen molar-refractivity contribution in [1.29, 1.82) is 0 Å². The van der Waals surface area contributed by atoms with Crippen molar-refractivity contribution in [3.63, 3.8) is 0 Å².